The fourth-order valence-corrected chi connectivity index (χ4v) is 1.50. The van der Waals surface area contributed by atoms with Gasteiger partial charge in [-0.1, -0.05) is 18.2 Å². The number of rotatable bonds is 3. The second-order valence-electron chi connectivity index (χ2n) is 3.20. The lowest BCUT2D eigenvalue weighted by molar-refractivity contribution is 0.213. The van der Waals surface area contributed by atoms with Gasteiger partial charge in [-0.3, -0.25) is 0 Å². The Morgan fingerprint density at radius 1 is 1.27 bits per heavy atom. The quantitative estimate of drug-likeness (QED) is 0.834. The lowest BCUT2D eigenvalue weighted by Gasteiger charge is -2.12. The average molecular weight is 204 g/mol. The van der Waals surface area contributed by atoms with E-state index in [0.717, 1.165) is 11.1 Å². The van der Waals surface area contributed by atoms with E-state index in [1.807, 2.05) is 24.3 Å². The maximum atomic E-state index is 10.1. The molecule has 1 heterocycles. The zero-order valence-corrected chi connectivity index (χ0v) is 8.38. The summed E-state index contributed by atoms with van der Waals surface area (Å²) in [6, 6.07) is 9.11. The molecular weight excluding hydrogens is 192 g/mol. The normalized spacial score (nSPS) is 12.4. The standard InChI is InChI=1S/C12H12O3/c1-14-11-5-3-2-4-10(11)12(13)9-6-7-15-8-9/h2-8,12-13H,1H3/t12-/m0/s1. The summed E-state index contributed by atoms with van der Waals surface area (Å²) in [5.41, 5.74) is 1.46. The van der Waals surface area contributed by atoms with Crippen molar-refractivity contribution in [3.05, 3.63) is 54.0 Å². The van der Waals surface area contributed by atoms with Gasteiger partial charge in [0.2, 0.25) is 0 Å². The van der Waals surface area contributed by atoms with Gasteiger partial charge in [0.15, 0.2) is 0 Å². The van der Waals surface area contributed by atoms with Crippen LogP contribution in [0.25, 0.3) is 0 Å². The molecule has 0 radical (unpaired) electrons. The Morgan fingerprint density at radius 3 is 2.73 bits per heavy atom. The van der Waals surface area contributed by atoms with Gasteiger partial charge in [0.1, 0.15) is 11.9 Å². The second-order valence-corrected chi connectivity index (χ2v) is 3.20. The van der Waals surface area contributed by atoms with Gasteiger partial charge < -0.3 is 14.3 Å². The molecule has 2 rings (SSSR count). The first-order chi connectivity index (χ1) is 7.33. The van der Waals surface area contributed by atoms with Crippen molar-refractivity contribution in [1.29, 1.82) is 0 Å². The summed E-state index contributed by atoms with van der Waals surface area (Å²) in [5.74, 6) is 0.672. The summed E-state index contributed by atoms with van der Waals surface area (Å²) in [5, 5.41) is 10.1. The van der Waals surface area contributed by atoms with Crippen molar-refractivity contribution in [2.45, 2.75) is 6.10 Å². The minimum absolute atomic E-state index is 0.672. The van der Waals surface area contributed by atoms with E-state index < -0.39 is 6.10 Å². The van der Waals surface area contributed by atoms with Gasteiger partial charge in [0.05, 0.1) is 19.6 Å². The topological polar surface area (TPSA) is 42.6 Å². The third kappa shape index (κ3) is 1.87. The van der Waals surface area contributed by atoms with Crippen LogP contribution in [-0.4, -0.2) is 12.2 Å². The van der Waals surface area contributed by atoms with E-state index in [2.05, 4.69) is 0 Å². The molecule has 0 unspecified atom stereocenters. The molecular formula is C12H12O3. The van der Waals surface area contributed by atoms with Gasteiger partial charge in [-0.15, -0.1) is 0 Å². The highest BCUT2D eigenvalue weighted by Crippen LogP contribution is 2.29. The van der Waals surface area contributed by atoms with Crippen molar-refractivity contribution in [3.8, 4) is 5.75 Å². The number of aliphatic hydroxyl groups is 1. The van der Waals surface area contributed by atoms with Crippen LogP contribution < -0.4 is 4.74 Å². The Balaban J connectivity index is 2.37. The molecule has 0 aliphatic rings. The molecule has 78 valence electrons. The maximum Gasteiger partial charge on any atom is 0.125 e. The molecule has 0 amide bonds. The molecule has 1 aromatic carbocycles. The van der Waals surface area contributed by atoms with Crippen LogP contribution in [0.3, 0.4) is 0 Å². The van der Waals surface area contributed by atoms with Crippen molar-refractivity contribution >= 4 is 0 Å². The van der Waals surface area contributed by atoms with E-state index in [1.165, 1.54) is 12.5 Å². The number of para-hydroxylation sites is 1. The number of methoxy groups -OCH3 is 1. The lowest BCUT2D eigenvalue weighted by atomic mass is 10.0. The number of furan rings is 1. The van der Waals surface area contributed by atoms with Crippen molar-refractivity contribution in [2.75, 3.05) is 7.11 Å². The van der Waals surface area contributed by atoms with Gasteiger partial charge in [-0.2, -0.15) is 0 Å². The Hall–Kier alpha value is -1.74. The molecule has 1 aromatic heterocycles. The third-order valence-corrected chi connectivity index (χ3v) is 2.29. The average Bonchev–Trinajstić information content (AvgIpc) is 2.81. The molecule has 1 N–H and O–H groups in total. The summed E-state index contributed by atoms with van der Waals surface area (Å²) in [6.07, 6.45) is 2.35. The Kier molecular flexibility index (Phi) is 2.74. The van der Waals surface area contributed by atoms with E-state index in [0.29, 0.717) is 5.75 Å². The number of ether oxygens (including phenoxy) is 1. The predicted molar refractivity (Wildman–Crippen MR) is 55.8 cm³/mol. The van der Waals surface area contributed by atoms with Gasteiger partial charge in [-0.25, -0.2) is 0 Å². The molecule has 0 aliphatic carbocycles. The summed E-state index contributed by atoms with van der Waals surface area (Å²) in [7, 11) is 1.58. The molecule has 3 heteroatoms. The van der Waals surface area contributed by atoms with Gasteiger partial charge in [0.25, 0.3) is 0 Å². The highest BCUT2D eigenvalue weighted by atomic mass is 16.5. The monoisotopic (exact) mass is 204 g/mol. The summed E-state index contributed by atoms with van der Waals surface area (Å²) in [4.78, 5) is 0. The fraction of sp³-hybridized carbons (Fsp3) is 0.167. The van der Waals surface area contributed by atoms with Crippen LogP contribution in [0.1, 0.15) is 17.2 Å². The molecule has 3 nitrogen and oxygen atoms in total. The molecule has 0 bridgehead atoms. The third-order valence-electron chi connectivity index (χ3n) is 2.29. The number of hydrogen-bond donors (Lipinski definition) is 1. The highest BCUT2D eigenvalue weighted by molar-refractivity contribution is 5.39. The predicted octanol–water partition coefficient (Wildman–Crippen LogP) is 2.37. The van der Waals surface area contributed by atoms with Crippen LogP contribution in [0, 0.1) is 0 Å². The van der Waals surface area contributed by atoms with Crippen LogP contribution in [0.2, 0.25) is 0 Å². The molecule has 0 saturated carbocycles. The maximum absolute atomic E-state index is 10.1. The number of hydrogen-bond acceptors (Lipinski definition) is 3. The molecule has 0 saturated heterocycles. The van der Waals surface area contributed by atoms with E-state index in [1.54, 1.807) is 13.2 Å². The van der Waals surface area contributed by atoms with Crippen LogP contribution >= 0.6 is 0 Å². The Morgan fingerprint density at radius 2 is 2.07 bits per heavy atom. The fourth-order valence-electron chi connectivity index (χ4n) is 1.50. The van der Waals surface area contributed by atoms with Crippen molar-refractivity contribution < 1.29 is 14.3 Å². The summed E-state index contributed by atoms with van der Waals surface area (Å²) in [6.45, 7) is 0. The highest BCUT2D eigenvalue weighted by Gasteiger charge is 2.15. The van der Waals surface area contributed by atoms with Crippen molar-refractivity contribution in [3.63, 3.8) is 0 Å². The minimum Gasteiger partial charge on any atom is -0.496 e. The minimum atomic E-state index is -0.708. The van der Waals surface area contributed by atoms with Gasteiger partial charge in [-0.05, 0) is 12.1 Å². The first-order valence-corrected chi connectivity index (χ1v) is 4.66. The molecule has 2 aromatic rings. The summed E-state index contributed by atoms with van der Waals surface area (Å²) < 4.78 is 10.1. The SMILES string of the molecule is COc1ccccc1[C@@H](O)c1ccoc1. The zero-order valence-electron chi connectivity index (χ0n) is 8.38. The van der Waals surface area contributed by atoms with Gasteiger partial charge >= 0.3 is 0 Å². The second kappa shape index (κ2) is 4.19. The Labute approximate surface area is 87.9 Å². The first kappa shape index (κ1) is 9.80. The van der Waals surface area contributed by atoms with Crippen LogP contribution in [0.4, 0.5) is 0 Å². The molecule has 15 heavy (non-hydrogen) atoms. The van der Waals surface area contributed by atoms with Crippen LogP contribution in [0.5, 0.6) is 5.75 Å². The molecule has 0 spiro atoms. The van der Waals surface area contributed by atoms with Crippen LogP contribution in [0.15, 0.2) is 47.3 Å². The van der Waals surface area contributed by atoms with E-state index in [4.69, 9.17) is 9.15 Å². The van der Waals surface area contributed by atoms with Gasteiger partial charge in [0, 0.05) is 11.1 Å². The van der Waals surface area contributed by atoms with Crippen molar-refractivity contribution in [1.82, 2.24) is 0 Å². The lowest BCUT2D eigenvalue weighted by Crippen LogP contribution is -2.00. The molecule has 0 aliphatic heterocycles. The largest absolute Gasteiger partial charge is 0.496 e. The van der Waals surface area contributed by atoms with Crippen molar-refractivity contribution in [2.24, 2.45) is 0 Å². The van der Waals surface area contributed by atoms with E-state index >= 15 is 0 Å². The number of benzene rings is 1. The molecule has 0 fully saturated rings. The smallest absolute Gasteiger partial charge is 0.125 e. The number of aliphatic hydroxyl groups excluding tert-OH is 1. The summed E-state index contributed by atoms with van der Waals surface area (Å²) >= 11 is 0. The first-order valence-electron chi connectivity index (χ1n) is 4.66. The van der Waals surface area contributed by atoms with Crippen LogP contribution in [-0.2, 0) is 0 Å². The van der Waals surface area contributed by atoms with E-state index in [9.17, 15) is 5.11 Å². The Bertz CT molecular complexity index is 420. The van der Waals surface area contributed by atoms with E-state index in [-0.39, 0.29) is 0 Å². The molecule has 1 atom stereocenters. The zero-order chi connectivity index (χ0) is 10.7.